The minimum absolute atomic E-state index is 0.0404. The van der Waals surface area contributed by atoms with Crippen molar-refractivity contribution in [2.24, 2.45) is 5.92 Å². The third-order valence-electron chi connectivity index (χ3n) is 3.92. The van der Waals surface area contributed by atoms with Crippen molar-refractivity contribution in [3.63, 3.8) is 0 Å². The van der Waals surface area contributed by atoms with Gasteiger partial charge in [0.15, 0.2) is 0 Å². The van der Waals surface area contributed by atoms with Gasteiger partial charge in [-0.15, -0.1) is 0 Å². The molecule has 1 aliphatic rings. The van der Waals surface area contributed by atoms with Gasteiger partial charge >= 0.3 is 6.18 Å². The molecule has 1 fully saturated rings. The maximum Gasteiger partial charge on any atom is 0.416 e. The van der Waals surface area contributed by atoms with Gasteiger partial charge in [0.2, 0.25) is 5.91 Å². The Balaban J connectivity index is 2.28. The second kappa shape index (κ2) is 6.14. The maximum absolute atomic E-state index is 13.1. The molecule has 1 aromatic carbocycles. The predicted octanol–water partition coefficient (Wildman–Crippen LogP) is 4.09. The van der Waals surface area contributed by atoms with Crippen molar-refractivity contribution in [3.8, 4) is 0 Å². The van der Waals surface area contributed by atoms with E-state index in [-0.39, 0.29) is 27.2 Å². The summed E-state index contributed by atoms with van der Waals surface area (Å²) in [5.41, 5.74) is -0.374. The lowest BCUT2D eigenvalue weighted by Crippen LogP contribution is -2.32. The average Bonchev–Trinajstić information content (AvgIpc) is 3.10. The van der Waals surface area contributed by atoms with Crippen LogP contribution in [0.5, 0.6) is 0 Å². The van der Waals surface area contributed by atoms with Crippen molar-refractivity contribution >= 4 is 28.5 Å². The lowest BCUT2D eigenvalue weighted by atomic mass is 10.0. The highest BCUT2D eigenvalue weighted by Gasteiger charge is 2.56. The number of nitrogens with zero attached hydrogens (tertiary/aromatic N) is 1. The van der Waals surface area contributed by atoms with E-state index in [1.807, 2.05) is 13.8 Å². The monoisotopic (exact) mass is 411 g/mol. The van der Waals surface area contributed by atoms with Crippen molar-refractivity contribution in [2.45, 2.75) is 29.9 Å². The Morgan fingerprint density at radius 2 is 1.81 bits per heavy atom. The van der Waals surface area contributed by atoms with E-state index >= 15 is 0 Å². The standard InChI is InChI=1S/C15H17F3INO/c1-3-20(4-2)14(21)12-11(13(12)19)9-7-5-6-8-10(9)15(16,17)18/h5-8,11-13H,3-4H2,1-2H3/t11-,12-,13-/m1/s1. The first kappa shape index (κ1) is 16.6. The Morgan fingerprint density at radius 1 is 1.24 bits per heavy atom. The number of halogens is 4. The van der Waals surface area contributed by atoms with Crippen molar-refractivity contribution in [1.82, 2.24) is 4.90 Å². The molecule has 2 rings (SSSR count). The lowest BCUT2D eigenvalue weighted by molar-refractivity contribution is -0.138. The molecule has 0 aliphatic heterocycles. The minimum atomic E-state index is -4.38. The van der Waals surface area contributed by atoms with Gasteiger partial charge in [0.05, 0.1) is 11.5 Å². The Kier molecular flexibility index (Phi) is 4.85. The highest BCUT2D eigenvalue weighted by Crippen LogP contribution is 2.56. The number of rotatable bonds is 4. The van der Waals surface area contributed by atoms with E-state index < -0.39 is 11.7 Å². The zero-order valence-corrected chi connectivity index (χ0v) is 14.0. The highest BCUT2D eigenvalue weighted by molar-refractivity contribution is 14.1. The number of amides is 1. The molecule has 1 saturated carbocycles. The molecule has 21 heavy (non-hydrogen) atoms. The molecule has 0 radical (unpaired) electrons. The van der Waals surface area contributed by atoms with E-state index in [0.717, 1.165) is 6.07 Å². The topological polar surface area (TPSA) is 20.3 Å². The third-order valence-corrected chi connectivity index (χ3v) is 5.47. The van der Waals surface area contributed by atoms with Crippen LogP contribution in [0.2, 0.25) is 0 Å². The van der Waals surface area contributed by atoms with Crippen LogP contribution in [0.25, 0.3) is 0 Å². The molecular weight excluding hydrogens is 394 g/mol. The molecule has 6 heteroatoms. The normalized spacial score (nSPS) is 24.8. The van der Waals surface area contributed by atoms with Gasteiger partial charge in [-0.2, -0.15) is 13.2 Å². The molecule has 0 saturated heterocycles. The molecule has 0 heterocycles. The third kappa shape index (κ3) is 3.19. The van der Waals surface area contributed by atoms with Gasteiger partial charge in [-0.3, -0.25) is 4.79 Å². The predicted molar refractivity (Wildman–Crippen MR) is 83.4 cm³/mol. The Morgan fingerprint density at radius 3 is 2.33 bits per heavy atom. The van der Waals surface area contributed by atoms with Crippen LogP contribution < -0.4 is 0 Å². The van der Waals surface area contributed by atoms with Crippen LogP contribution in [0, 0.1) is 5.92 Å². The summed E-state index contributed by atoms with van der Waals surface area (Å²) < 4.78 is 39.2. The Hall–Kier alpha value is -0.790. The van der Waals surface area contributed by atoms with E-state index in [2.05, 4.69) is 22.6 Å². The highest BCUT2D eigenvalue weighted by atomic mass is 127. The SMILES string of the molecule is CCN(CC)C(=O)[C@H]1[C@H](I)[C@@H]1c1ccccc1C(F)(F)F. The molecular formula is C15H17F3INO. The van der Waals surface area contributed by atoms with Crippen LogP contribution in [0.15, 0.2) is 24.3 Å². The van der Waals surface area contributed by atoms with Crippen molar-refractivity contribution in [2.75, 3.05) is 13.1 Å². The molecule has 0 bridgehead atoms. The second-order valence-electron chi connectivity index (χ2n) is 5.09. The summed E-state index contributed by atoms with van der Waals surface area (Å²) in [6.45, 7) is 4.93. The first-order valence-electron chi connectivity index (χ1n) is 6.91. The summed E-state index contributed by atoms with van der Waals surface area (Å²) in [6, 6.07) is 5.58. The first-order valence-corrected chi connectivity index (χ1v) is 8.16. The zero-order valence-electron chi connectivity index (χ0n) is 11.8. The number of hydrogen-bond acceptors (Lipinski definition) is 1. The lowest BCUT2D eigenvalue weighted by Gasteiger charge is -2.19. The van der Waals surface area contributed by atoms with Crippen LogP contribution in [0.3, 0.4) is 0 Å². The Bertz CT molecular complexity index is 528. The van der Waals surface area contributed by atoms with E-state index in [9.17, 15) is 18.0 Å². The average molecular weight is 411 g/mol. The number of carbonyl (C=O) groups is 1. The Labute approximate surface area is 135 Å². The summed E-state index contributed by atoms with van der Waals surface area (Å²) in [6.07, 6.45) is -4.38. The van der Waals surface area contributed by atoms with Crippen LogP contribution in [0.1, 0.15) is 30.9 Å². The summed E-state index contributed by atoms with van der Waals surface area (Å²) in [7, 11) is 0. The number of alkyl halides is 4. The van der Waals surface area contributed by atoms with Crippen LogP contribution >= 0.6 is 22.6 Å². The summed E-state index contributed by atoms with van der Waals surface area (Å²) in [4.78, 5) is 14.0. The largest absolute Gasteiger partial charge is 0.416 e. The summed E-state index contributed by atoms with van der Waals surface area (Å²) in [5.74, 6) is -0.716. The molecule has 0 unspecified atom stereocenters. The summed E-state index contributed by atoms with van der Waals surface area (Å²) >= 11 is 2.09. The first-order chi connectivity index (χ1) is 9.82. The molecule has 116 valence electrons. The van der Waals surface area contributed by atoms with E-state index in [1.165, 1.54) is 12.1 Å². The van der Waals surface area contributed by atoms with Crippen LogP contribution in [0.4, 0.5) is 13.2 Å². The number of benzene rings is 1. The zero-order chi connectivity index (χ0) is 15.8. The number of carbonyl (C=O) groups excluding carboxylic acids is 1. The van der Waals surface area contributed by atoms with E-state index in [0.29, 0.717) is 13.1 Å². The van der Waals surface area contributed by atoms with Crippen LogP contribution in [-0.4, -0.2) is 27.8 Å². The van der Waals surface area contributed by atoms with E-state index in [4.69, 9.17) is 0 Å². The molecule has 2 nitrogen and oxygen atoms in total. The fourth-order valence-corrected chi connectivity index (χ4v) is 4.07. The van der Waals surface area contributed by atoms with Gasteiger partial charge in [0.25, 0.3) is 0 Å². The van der Waals surface area contributed by atoms with Crippen molar-refractivity contribution in [3.05, 3.63) is 35.4 Å². The molecule has 0 spiro atoms. The van der Waals surface area contributed by atoms with Gasteiger partial charge < -0.3 is 4.90 Å². The van der Waals surface area contributed by atoms with Crippen LogP contribution in [-0.2, 0) is 11.0 Å². The van der Waals surface area contributed by atoms with Gasteiger partial charge in [-0.05, 0) is 25.5 Å². The van der Waals surface area contributed by atoms with Crippen molar-refractivity contribution in [1.29, 1.82) is 0 Å². The minimum Gasteiger partial charge on any atom is -0.343 e. The second-order valence-corrected chi connectivity index (χ2v) is 6.53. The molecule has 1 aromatic rings. The van der Waals surface area contributed by atoms with Crippen molar-refractivity contribution < 1.29 is 18.0 Å². The van der Waals surface area contributed by atoms with E-state index in [1.54, 1.807) is 11.0 Å². The molecule has 1 aliphatic carbocycles. The molecule has 1 amide bonds. The molecule has 3 atom stereocenters. The van der Waals surface area contributed by atoms with Gasteiger partial charge in [0, 0.05) is 22.9 Å². The number of hydrogen-bond donors (Lipinski definition) is 0. The molecule has 0 N–H and O–H groups in total. The van der Waals surface area contributed by atoms with Gasteiger partial charge in [-0.1, -0.05) is 40.8 Å². The fraction of sp³-hybridized carbons (Fsp3) is 0.533. The summed E-state index contributed by atoms with van der Waals surface area (Å²) in [5, 5.41) is 0. The maximum atomic E-state index is 13.1. The quantitative estimate of drug-likeness (QED) is 0.540. The molecule has 0 aromatic heterocycles. The van der Waals surface area contributed by atoms with Gasteiger partial charge in [-0.25, -0.2) is 0 Å². The smallest absolute Gasteiger partial charge is 0.343 e. The van der Waals surface area contributed by atoms with Gasteiger partial charge in [0.1, 0.15) is 0 Å². The fourth-order valence-electron chi connectivity index (χ4n) is 2.72.